The molecule has 144 valence electrons. The van der Waals surface area contributed by atoms with Crippen molar-refractivity contribution < 1.29 is 9.59 Å². The minimum Gasteiger partial charge on any atom is -0.341 e. The van der Waals surface area contributed by atoms with Gasteiger partial charge in [-0.05, 0) is 43.4 Å². The van der Waals surface area contributed by atoms with Gasteiger partial charge in [-0.25, -0.2) is 4.79 Å². The molecule has 0 unspecified atom stereocenters. The van der Waals surface area contributed by atoms with Crippen molar-refractivity contribution in [3.05, 3.63) is 58.9 Å². The second-order valence-corrected chi connectivity index (χ2v) is 6.53. The summed E-state index contributed by atoms with van der Waals surface area (Å²) >= 11 is 5.28. The Bertz CT molecular complexity index is 1070. The first-order chi connectivity index (χ1) is 13.5. The minimum atomic E-state index is -0.337. The highest BCUT2D eigenvalue weighted by atomic mass is 32.1. The van der Waals surface area contributed by atoms with Gasteiger partial charge in [-0.15, -0.1) is 0 Å². The number of nitrogens with one attached hydrogen (secondary N) is 4. The van der Waals surface area contributed by atoms with E-state index in [1.807, 2.05) is 31.2 Å². The van der Waals surface area contributed by atoms with E-state index in [0.717, 1.165) is 11.1 Å². The summed E-state index contributed by atoms with van der Waals surface area (Å²) in [6.07, 6.45) is 0. The number of urea groups is 1. The smallest absolute Gasteiger partial charge is 0.318 e. The van der Waals surface area contributed by atoms with Crippen LogP contribution >= 0.6 is 12.2 Å². The van der Waals surface area contributed by atoms with Crippen LogP contribution in [0.15, 0.2) is 48.5 Å². The van der Waals surface area contributed by atoms with Crippen LogP contribution in [0.25, 0.3) is 11.4 Å². The van der Waals surface area contributed by atoms with E-state index >= 15 is 0 Å². The van der Waals surface area contributed by atoms with Crippen molar-refractivity contribution >= 4 is 35.5 Å². The second-order valence-electron chi connectivity index (χ2n) is 6.14. The largest absolute Gasteiger partial charge is 0.341 e. The van der Waals surface area contributed by atoms with Crippen LogP contribution in [-0.2, 0) is 11.3 Å². The number of aromatic nitrogens is 3. The summed E-state index contributed by atoms with van der Waals surface area (Å²) in [5, 5.41) is 14.9. The fourth-order valence-electron chi connectivity index (χ4n) is 2.68. The van der Waals surface area contributed by atoms with Gasteiger partial charge in [0.1, 0.15) is 6.54 Å². The Balaban J connectivity index is 1.76. The van der Waals surface area contributed by atoms with Crippen LogP contribution in [0.3, 0.4) is 0 Å². The number of rotatable bonds is 5. The number of anilines is 2. The van der Waals surface area contributed by atoms with Gasteiger partial charge < -0.3 is 16.0 Å². The highest BCUT2D eigenvalue weighted by molar-refractivity contribution is 7.71. The average molecular weight is 396 g/mol. The van der Waals surface area contributed by atoms with Crippen molar-refractivity contribution in [2.45, 2.75) is 13.5 Å². The third kappa shape index (κ3) is 4.63. The standard InChI is InChI=1S/C19H20N6O2S/c1-12-5-3-6-13(9-12)17-23-24-19(28)25(17)11-16(26)21-14-7-4-8-15(10-14)22-18(27)20-2/h3-10H,11H2,1-2H3,(H,21,26)(H,24,28)(H2,20,22,27). The molecule has 28 heavy (non-hydrogen) atoms. The lowest BCUT2D eigenvalue weighted by molar-refractivity contribution is -0.116. The monoisotopic (exact) mass is 396 g/mol. The van der Waals surface area contributed by atoms with E-state index in [4.69, 9.17) is 12.2 Å². The second kappa shape index (κ2) is 8.49. The molecule has 0 bridgehead atoms. The number of amides is 3. The van der Waals surface area contributed by atoms with E-state index in [-0.39, 0.29) is 18.5 Å². The number of hydrogen-bond donors (Lipinski definition) is 4. The molecule has 3 aromatic rings. The fourth-order valence-corrected chi connectivity index (χ4v) is 2.88. The maximum Gasteiger partial charge on any atom is 0.318 e. The molecule has 0 fully saturated rings. The van der Waals surface area contributed by atoms with Gasteiger partial charge in [0, 0.05) is 24.0 Å². The minimum absolute atomic E-state index is 0.00567. The number of aromatic amines is 1. The summed E-state index contributed by atoms with van der Waals surface area (Å²) in [6.45, 7) is 1.99. The van der Waals surface area contributed by atoms with Gasteiger partial charge in [0.15, 0.2) is 10.6 Å². The van der Waals surface area contributed by atoms with E-state index in [1.165, 1.54) is 7.05 Å². The molecule has 0 saturated heterocycles. The van der Waals surface area contributed by atoms with Crippen molar-refractivity contribution in [1.29, 1.82) is 0 Å². The van der Waals surface area contributed by atoms with Crippen molar-refractivity contribution in [2.75, 3.05) is 17.7 Å². The third-order valence-corrected chi connectivity index (χ3v) is 4.28. The topological polar surface area (TPSA) is 104 Å². The molecule has 1 aromatic heterocycles. The van der Waals surface area contributed by atoms with Gasteiger partial charge >= 0.3 is 6.03 Å². The Morgan fingerprint density at radius 1 is 1.11 bits per heavy atom. The summed E-state index contributed by atoms with van der Waals surface area (Å²) in [7, 11) is 1.53. The number of benzene rings is 2. The number of H-pyrrole nitrogens is 1. The summed E-state index contributed by atoms with van der Waals surface area (Å²) in [4.78, 5) is 24.0. The van der Waals surface area contributed by atoms with Crippen LogP contribution in [-0.4, -0.2) is 33.8 Å². The maximum atomic E-state index is 12.6. The van der Waals surface area contributed by atoms with E-state index in [9.17, 15) is 9.59 Å². The van der Waals surface area contributed by atoms with Crippen LogP contribution < -0.4 is 16.0 Å². The molecule has 4 N–H and O–H groups in total. The van der Waals surface area contributed by atoms with Crippen molar-refractivity contribution in [3.8, 4) is 11.4 Å². The number of hydrogen-bond acceptors (Lipinski definition) is 4. The predicted molar refractivity (Wildman–Crippen MR) is 111 cm³/mol. The molecular formula is C19H20N6O2S. The zero-order valence-corrected chi connectivity index (χ0v) is 16.3. The first kappa shape index (κ1) is 19.3. The molecule has 3 amide bonds. The van der Waals surface area contributed by atoms with E-state index in [0.29, 0.717) is 22.0 Å². The number of aryl methyl sites for hydroxylation is 1. The quantitative estimate of drug-likeness (QED) is 0.497. The highest BCUT2D eigenvalue weighted by Crippen LogP contribution is 2.19. The third-order valence-electron chi connectivity index (χ3n) is 3.97. The van der Waals surface area contributed by atoms with Crippen LogP contribution in [0.5, 0.6) is 0 Å². The molecule has 0 atom stereocenters. The molecular weight excluding hydrogens is 376 g/mol. The zero-order valence-electron chi connectivity index (χ0n) is 15.4. The Kier molecular flexibility index (Phi) is 5.85. The fraction of sp³-hybridized carbons (Fsp3) is 0.158. The lowest BCUT2D eigenvalue weighted by Gasteiger charge is -2.10. The summed E-state index contributed by atoms with van der Waals surface area (Å²) in [5.74, 6) is 0.336. The number of carbonyl (C=O) groups excluding carboxylic acids is 2. The van der Waals surface area contributed by atoms with E-state index < -0.39 is 0 Å². The molecule has 1 heterocycles. The normalized spacial score (nSPS) is 10.4. The molecule has 3 rings (SSSR count). The average Bonchev–Trinajstić information content (AvgIpc) is 3.02. The van der Waals surface area contributed by atoms with Crippen LogP contribution in [0.1, 0.15) is 5.56 Å². The molecule has 2 aromatic carbocycles. The Labute approximate surface area is 167 Å². The van der Waals surface area contributed by atoms with Gasteiger partial charge in [-0.2, -0.15) is 5.10 Å². The molecule has 0 aliphatic carbocycles. The van der Waals surface area contributed by atoms with Crippen molar-refractivity contribution in [1.82, 2.24) is 20.1 Å². The van der Waals surface area contributed by atoms with Crippen LogP contribution in [0, 0.1) is 11.7 Å². The molecule has 0 spiro atoms. The number of carbonyl (C=O) groups is 2. The Morgan fingerprint density at radius 3 is 2.54 bits per heavy atom. The first-order valence-electron chi connectivity index (χ1n) is 8.57. The molecule has 0 aliphatic rings. The van der Waals surface area contributed by atoms with Gasteiger partial charge in [0.05, 0.1) is 0 Å². The summed E-state index contributed by atoms with van der Waals surface area (Å²) in [5.41, 5.74) is 3.09. The molecule has 0 saturated carbocycles. The van der Waals surface area contributed by atoms with Crippen molar-refractivity contribution in [2.24, 2.45) is 0 Å². The molecule has 8 nitrogen and oxygen atoms in total. The van der Waals surface area contributed by atoms with Crippen LogP contribution in [0.4, 0.5) is 16.2 Å². The lowest BCUT2D eigenvalue weighted by atomic mass is 10.1. The highest BCUT2D eigenvalue weighted by Gasteiger charge is 2.13. The lowest BCUT2D eigenvalue weighted by Crippen LogP contribution is -2.24. The number of nitrogens with zero attached hydrogens (tertiary/aromatic N) is 2. The molecule has 9 heteroatoms. The van der Waals surface area contributed by atoms with E-state index in [1.54, 1.807) is 28.8 Å². The maximum absolute atomic E-state index is 12.6. The van der Waals surface area contributed by atoms with Crippen molar-refractivity contribution in [3.63, 3.8) is 0 Å². The molecule has 0 aliphatic heterocycles. The Hall–Kier alpha value is -3.46. The van der Waals surface area contributed by atoms with E-state index in [2.05, 4.69) is 26.1 Å². The predicted octanol–water partition coefficient (Wildman–Crippen LogP) is 3.31. The summed E-state index contributed by atoms with van der Waals surface area (Å²) < 4.78 is 2.01. The van der Waals surface area contributed by atoms with Gasteiger partial charge in [0.25, 0.3) is 0 Å². The van der Waals surface area contributed by atoms with Crippen LogP contribution in [0.2, 0.25) is 0 Å². The molecule has 0 radical (unpaired) electrons. The summed E-state index contributed by atoms with van der Waals surface area (Å²) in [6, 6.07) is 14.4. The van der Waals surface area contributed by atoms with Gasteiger partial charge in [-0.3, -0.25) is 14.5 Å². The first-order valence-corrected chi connectivity index (χ1v) is 8.98. The van der Waals surface area contributed by atoms with Gasteiger partial charge in [-0.1, -0.05) is 29.8 Å². The Morgan fingerprint density at radius 2 is 1.82 bits per heavy atom. The SMILES string of the molecule is CNC(=O)Nc1cccc(NC(=O)Cn2c(-c3cccc(C)c3)n[nH]c2=S)c1. The van der Waals surface area contributed by atoms with Gasteiger partial charge in [0.2, 0.25) is 5.91 Å². The zero-order chi connectivity index (χ0) is 20.1.